The molecule has 0 aliphatic rings. The van der Waals surface area contributed by atoms with Gasteiger partial charge in [-0.25, -0.2) is 13.8 Å². The van der Waals surface area contributed by atoms with Gasteiger partial charge >= 0.3 is 0 Å². The number of nitrogens with one attached hydrogen (secondary N) is 1. The van der Waals surface area contributed by atoms with Gasteiger partial charge in [-0.15, -0.1) is 0 Å². The molecule has 0 bridgehead atoms. The van der Waals surface area contributed by atoms with Gasteiger partial charge in [-0.2, -0.15) is 0 Å². The van der Waals surface area contributed by atoms with E-state index < -0.39 is 6.43 Å². The van der Waals surface area contributed by atoms with E-state index in [1.165, 1.54) is 6.07 Å². The van der Waals surface area contributed by atoms with Crippen molar-refractivity contribution in [1.82, 2.24) is 4.98 Å². The van der Waals surface area contributed by atoms with E-state index in [2.05, 4.69) is 10.3 Å². The number of fused-ring (bicyclic) bond motifs is 1. The Kier molecular flexibility index (Phi) is 2.92. The van der Waals surface area contributed by atoms with Gasteiger partial charge in [0.2, 0.25) is 0 Å². The lowest BCUT2D eigenvalue weighted by Crippen LogP contribution is -1.96. The van der Waals surface area contributed by atoms with Gasteiger partial charge in [0.05, 0.1) is 5.52 Å². The summed E-state index contributed by atoms with van der Waals surface area (Å²) in [5.41, 5.74) is 0.869. The maximum Gasteiger partial charge on any atom is 0.280 e. The van der Waals surface area contributed by atoms with E-state index in [-0.39, 0.29) is 5.69 Å². The molecule has 0 saturated carbocycles. The second-order valence-corrected chi connectivity index (χ2v) is 3.74. The van der Waals surface area contributed by atoms with Gasteiger partial charge in [0.1, 0.15) is 5.69 Å². The smallest absolute Gasteiger partial charge is 0.280 e. The lowest BCUT2D eigenvalue weighted by molar-refractivity contribution is 0.146. The molecule has 2 nitrogen and oxygen atoms in total. The first-order valence-electron chi connectivity index (χ1n) is 4.68. The molecule has 1 aromatic heterocycles. The van der Waals surface area contributed by atoms with Crippen LogP contribution in [0.1, 0.15) is 12.1 Å². The van der Waals surface area contributed by atoms with Crippen molar-refractivity contribution in [1.29, 1.82) is 0 Å². The van der Waals surface area contributed by atoms with Crippen molar-refractivity contribution in [3.8, 4) is 0 Å². The van der Waals surface area contributed by atoms with Crippen LogP contribution in [0.3, 0.4) is 0 Å². The third-order valence-electron chi connectivity index (χ3n) is 2.28. The van der Waals surface area contributed by atoms with Crippen LogP contribution in [-0.2, 0) is 0 Å². The maximum atomic E-state index is 12.6. The molecular formula is C11H9ClF2N2. The van der Waals surface area contributed by atoms with Gasteiger partial charge < -0.3 is 5.32 Å². The fraction of sp³-hybridized carbons (Fsp3) is 0.182. The third-order valence-corrected chi connectivity index (χ3v) is 2.52. The van der Waals surface area contributed by atoms with Crippen LogP contribution in [0.15, 0.2) is 24.3 Å². The molecule has 0 amide bonds. The van der Waals surface area contributed by atoms with Gasteiger partial charge in [-0.3, -0.25) is 0 Å². The van der Waals surface area contributed by atoms with Crippen molar-refractivity contribution in [2.24, 2.45) is 0 Å². The van der Waals surface area contributed by atoms with Crippen LogP contribution in [0.25, 0.3) is 10.9 Å². The number of hydrogen-bond donors (Lipinski definition) is 1. The summed E-state index contributed by atoms with van der Waals surface area (Å²) in [6.45, 7) is 0. The summed E-state index contributed by atoms with van der Waals surface area (Å²) in [5.74, 6) is 0. The van der Waals surface area contributed by atoms with Crippen LogP contribution in [0.2, 0.25) is 5.02 Å². The minimum Gasteiger partial charge on any atom is -0.388 e. The van der Waals surface area contributed by atoms with Crippen molar-refractivity contribution < 1.29 is 8.78 Å². The monoisotopic (exact) mass is 242 g/mol. The van der Waals surface area contributed by atoms with Crippen LogP contribution < -0.4 is 5.32 Å². The standard InChI is InChI=1S/C11H9ClF2N2/c1-15-9-5-10(11(13)14)16-8-3-2-6(12)4-7(8)9/h2-5,11H,1H3,(H,15,16). The van der Waals surface area contributed by atoms with Crippen molar-refractivity contribution >= 4 is 28.2 Å². The number of alkyl halides is 2. The molecule has 0 fully saturated rings. The molecule has 1 N–H and O–H groups in total. The lowest BCUT2D eigenvalue weighted by Gasteiger charge is -2.08. The first-order chi connectivity index (χ1) is 7.61. The Hall–Kier alpha value is -1.42. The quantitative estimate of drug-likeness (QED) is 0.865. The molecule has 0 saturated heterocycles. The van der Waals surface area contributed by atoms with Gasteiger partial charge in [0.15, 0.2) is 0 Å². The number of hydrogen-bond acceptors (Lipinski definition) is 2. The Bertz CT molecular complexity index is 529. The van der Waals surface area contributed by atoms with E-state index in [4.69, 9.17) is 11.6 Å². The fourth-order valence-corrected chi connectivity index (χ4v) is 1.71. The largest absolute Gasteiger partial charge is 0.388 e. The average molecular weight is 243 g/mol. The molecule has 0 aliphatic heterocycles. The molecule has 0 unspecified atom stereocenters. The van der Waals surface area contributed by atoms with Gasteiger partial charge in [0, 0.05) is 23.1 Å². The normalized spacial score (nSPS) is 11.1. The van der Waals surface area contributed by atoms with Crippen LogP contribution in [0, 0.1) is 0 Å². The molecule has 16 heavy (non-hydrogen) atoms. The molecule has 0 spiro atoms. The van der Waals surface area contributed by atoms with Crippen molar-refractivity contribution in [3.05, 3.63) is 35.0 Å². The predicted octanol–water partition coefficient (Wildman–Crippen LogP) is 3.87. The minimum absolute atomic E-state index is 0.237. The van der Waals surface area contributed by atoms with E-state index in [1.54, 1.807) is 25.2 Å². The molecule has 2 rings (SSSR count). The Labute approximate surface area is 96.2 Å². The first kappa shape index (κ1) is 11.1. The summed E-state index contributed by atoms with van der Waals surface area (Å²) < 4.78 is 25.1. The predicted molar refractivity (Wildman–Crippen MR) is 61.3 cm³/mol. The van der Waals surface area contributed by atoms with E-state index in [0.717, 1.165) is 5.39 Å². The molecule has 1 heterocycles. The van der Waals surface area contributed by atoms with E-state index in [9.17, 15) is 8.78 Å². The number of anilines is 1. The van der Waals surface area contributed by atoms with Crippen LogP contribution in [0.4, 0.5) is 14.5 Å². The number of rotatable bonds is 2. The topological polar surface area (TPSA) is 24.9 Å². The van der Waals surface area contributed by atoms with Crippen molar-refractivity contribution in [2.75, 3.05) is 12.4 Å². The number of halogens is 3. The average Bonchev–Trinajstić information content (AvgIpc) is 2.27. The van der Waals surface area contributed by atoms with Crippen LogP contribution in [0.5, 0.6) is 0 Å². The molecule has 0 aliphatic carbocycles. The van der Waals surface area contributed by atoms with Crippen molar-refractivity contribution in [3.63, 3.8) is 0 Å². The molecule has 0 atom stereocenters. The zero-order valence-electron chi connectivity index (χ0n) is 8.47. The highest BCUT2D eigenvalue weighted by Crippen LogP contribution is 2.29. The summed E-state index contributed by atoms with van der Waals surface area (Å²) in [4.78, 5) is 3.88. The fourth-order valence-electron chi connectivity index (χ4n) is 1.54. The van der Waals surface area contributed by atoms with E-state index in [0.29, 0.717) is 16.2 Å². The number of benzene rings is 1. The summed E-state index contributed by atoms with van der Waals surface area (Å²) >= 11 is 5.85. The molecule has 1 aromatic carbocycles. The zero-order chi connectivity index (χ0) is 11.7. The summed E-state index contributed by atoms with van der Waals surface area (Å²) in [7, 11) is 1.67. The summed E-state index contributed by atoms with van der Waals surface area (Å²) in [5, 5.41) is 4.15. The minimum atomic E-state index is -2.58. The molecule has 5 heteroatoms. The SMILES string of the molecule is CNc1cc(C(F)F)nc2ccc(Cl)cc12. The maximum absolute atomic E-state index is 12.6. The Balaban J connectivity index is 2.73. The van der Waals surface area contributed by atoms with E-state index >= 15 is 0 Å². The Morgan fingerprint density at radius 2 is 2.06 bits per heavy atom. The highest BCUT2D eigenvalue weighted by Gasteiger charge is 2.12. The second kappa shape index (κ2) is 4.22. The Morgan fingerprint density at radius 1 is 1.31 bits per heavy atom. The van der Waals surface area contributed by atoms with Crippen LogP contribution in [-0.4, -0.2) is 12.0 Å². The second-order valence-electron chi connectivity index (χ2n) is 3.31. The molecular weight excluding hydrogens is 234 g/mol. The first-order valence-corrected chi connectivity index (χ1v) is 5.05. The van der Waals surface area contributed by atoms with E-state index in [1.807, 2.05) is 0 Å². The van der Waals surface area contributed by atoms with Crippen molar-refractivity contribution in [2.45, 2.75) is 6.43 Å². The Morgan fingerprint density at radius 3 is 2.69 bits per heavy atom. The van der Waals surface area contributed by atoms with Gasteiger partial charge in [-0.05, 0) is 24.3 Å². The highest BCUT2D eigenvalue weighted by atomic mass is 35.5. The molecule has 2 aromatic rings. The molecule has 84 valence electrons. The number of nitrogens with zero attached hydrogens (tertiary/aromatic N) is 1. The summed E-state index contributed by atoms with van der Waals surface area (Å²) in [6, 6.07) is 6.30. The highest BCUT2D eigenvalue weighted by molar-refractivity contribution is 6.31. The lowest BCUT2D eigenvalue weighted by atomic mass is 10.1. The third kappa shape index (κ3) is 1.93. The van der Waals surface area contributed by atoms with Gasteiger partial charge in [-0.1, -0.05) is 11.6 Å². The molecule has 0 radical (unpaired) electrons. The zero-order valence-corrected chi connectivity index (χ0v) is 9.22. The number of aromatic nitrogens is 1. The van der Waals surface area contributed by atoms with Crippen LogP contribution >= 0.6 is 11.6 Å². The number of pyridine rings is 1. The van der Waals surface area contributed by atoms with Gasteiger partial charge in [0.25, 0.3) is 6.43 Å². The summed E-state index contributed by atoms with van der Waals surface area (Å²) in [6.07, 6.45) is -2.58.